The number of ether oxygens (including phenoxy) is 2. The molecule has 4 rings (SSSR count). The number of methoxy groups -OCH3 is 1. The first-order chi connectivity index (χ1) is 15.7. The van der Waals surface area contributed by atoms with Gasteiger partial charge in [-0.05, 0) is 43.2 Å². The summed E-state index contributed by atoms with van der Waals surface area (Å²) in [7, 11) is 1.42. The van der Waals surface area contributed by atoms with Gasteiger partial charge >= 0.3 is 5.97 Å². The molecule has 7 heteroatoms. The zero-order valence-corrected chi connectivity index (χ0v) is 19.1. The molecule has 0 bridgehead atoms. The molecule has 4 aromatic rings. The number of hydrogen-bond donors (Lipinski definition) is 0. The molecule has 0 saturated heterocycles. The summed E-state index contributed by atoms with van der Waals surface area (Å²) < 4.78 is 12.6. The van der Waals surface area contributed by atoms with E-state index in [1.165, 1.54) is 18.9 Å². The number of fused-ring (bicyclic) bond motifs is 1. The highest BCUT2D eigenvalue weighted by Crippen LogP contribution is 2.38. The number of rotatable bonds is 8. The molecule has 2 heterocycles. The molecule has 2 aromatic carbocycles. The highest BCUT2D eigenvalue weighted by Gasteiger charge is 2.24. The summed E-state index contributed by atoms with van der Waals surface area (Å²) in [5, 5.41) is 1.34. The quantitative estimate of drug-likeness (QED) is 0.201. The van der Waals surface area contributed by atoms with Gasteiger partial charge in [-0.15, -0.1) is 0 Å². The summed E-state index contributed by atoms with van der Waals surface area (Å²) in [5.41, 5.74) is 3.82. The van der Waals surface area contributed by atoms with Gasteiger partial charge in [0.2, 0.25) is 0 Å². The highest BCUT2D eigenvalue weighted by molar-refractivity contribution is 8.00. The molecule has 0 radical (unpaired) electrons. The molecule has 0 amide bonds. The van der Waals surface area contributed by atoms with Crippen molar-refractivity contribution >= 4 is 28.8 Å². The summed E-state index contributed by atoms with van der Waals surface area (Å²) in [6, 6.07) is 18.1. The van der Waals surface area contributed by atoms with Gasteiger partial charge in [0.25, 0.3) is 0 Å². The molecule has 0 spiro atoms. The first-order valence-corrected chi connectivity index (χ1v) is 11.4. The predicted octanol–water partition coefficient (Wildman–Crippen LogP) is 5.53. The number of thioether (sulfide) groups is 1. The minimum absolute atomic E-state index is 0.253. The maximum atomic E-state index is 12.2. The summed E-state index contributed by atoms with van der Waals surface area (Å²) in [5.74, 6) is 0.571. The van der Waals surface area contributed by atoms with Crippen molar-refractivity contribution < 1.29 is 14.3 Å². The van der Waals surface area contributed by atoms with E-state index in [9.17, 15) is 4.79 Å². The van der Waals surface area contributed by atoms with Gasteiger partial charge in [0.05, 0.1) is 19.1 Å². The maximum absolute atomic E-state index is 12.2. The molecular weight excluding hydrogens is 422 g/mol. The zero-order valence-electron chi connectivity index (χ0n) is 18.3. The van der Waals surface area contributed by atoms with Crippen LogP contribution in [0.1, 0.15) is 20.3 Å². The number of nitrogens with zero attached hydrogens (tertiary/aromatic N) is 3. The van der Waals surface area contributed by atoms with Gasteiger partial charge in [-0.2, -0.15) is 0 Å². The average Bonchev–Trinajstić information content (AvgIpc) is 3.24. The van der Waals surface area contributed by atoms with E-state index in [0.29, 0.717) is 13.0 Å². The Morgan fingerprint density at radius 3 is 2.47 bits per heavy atom. The molecule has 0 saturated carbocycles. The fraction of sp³-hybridized carbons (Fsp3) is 0.240. The number of hydrogen-bond acceptors (Lipinski definition) is 6. The first-order valence-electron chi connectivity index (χ1n) is 10.6. The van der Waals surface area contributed by atoms with E-state index in [1.807, 2.05) is 56.3 Å². The zero-order chi connectivity index (χ0) is 22.5. The van der Waals surface area contributed by atoms with Gasteiger partial charge in [-0.3, -0.25) is 4.79 Å². The van der Waals surface area contributed by atoms with Gasteiger partial charge in [0.15, 0.2) is 0 Å². The van der Waals surface area contributed by atoms with Gasteiger partial charge < -0.3 is 14.0 Å². The van der Waals surface area contributed by atoms with Crippen molar-refractivity contribution in [3.8, 4) is 22.6 Å². The topological polar surface area (TPSA) is 66.2 Å². The molecule has 0 aliphatic rings. The van der Waals surface area contributed by atoms with Crippen LogP contribution in [-0.4, -0.2) is 39.5 Å². The SMILES string of the molecule is CCOc1ccc(-n2cc(-c3ccccc3)c3c(S[C@@H](CC)C(=O)OC)ncnc32)cc1. The molecule has 1 atom stereocenters. The Kier molecular flexibility index (Phi) is 6.75. The second-order valence-electron chi connectivity index (χ2n) is 7.12. The summed E-state index contributed by atoms with van der Waals surface area (Å²) in [4.78, 5) is 21.4. The minimum atomic E-state index is -0.337. The van der Waals surface area contributed by atoms with Crippen LogP contribution in [0, 0.1) is 0 Å². The van der Waals surface area contributed by atoms with E-state index in [0.717, 1.165) is 38.6 Å². The van der Waals surface area contributed by atoms with Crippen molar-refractivity contribution in [3.63, 3.8) is 0 Å². The number of carbonyl (C=O) groups is 1. The molecule has 0 aliphatic carbocycles. The van der Waals surface area contributed by atoms with Gasteiger partial charge in [-0.1, -0.05) is 49.0 Å². The van der Waals surface area contributed by atoms with Crippen LogP contribution in [-0.2, 0) is 9.53 Å². The van der Waals surface area contributed by atoms with E-state index >= 15 is 0 Å². The van der Waals surface area contributed by atoms with Crippen LogP contribution in [0.5, 0.6) is 5.75 Å². The number of benzene rings is 2. The van der Waals surface area contributed by atoms with Crippen molar-refractivity contribution in [3.05, 3.63) is 67.1 Å². The van der Waals surface area contributed by atoms with Crippen LogP contribution in [0.25, 0.3) is 27.8 Å². The van der Waals surface area contributed by atoms with Crippen LogP contribution in [0.2, 0.25) is 0 Å². The average molecular weight is 448 g/mol. The molecule has 0 N–H and O–H groups in total. The minimum Gasteiger partial charge on any atom is -0.494 e. The van der Waals surface area contributed by atoms with Crippen molar-refractivity contribution in [1.82, 2.24) is 14.5 Å². The fourth-order valence-electron chi connectivity index (χ4n) is 3.59. The second-order valence-corrected chi connectivity index (χ2v) is 8.31. The third kappa shape index (κ3) is 4.34. The Morgan fingerprint density at radius 1 is 1.06 bits per heavy atom. The maximum Gasteiger partial charge on any atom is 0.319 e. The lowest BCUT2D eigenvalue weighted by Gasteiger charge is -2.12. The Labute approximate surface area is 191 Å². The van der Waals surface area contributed by atoms with E-state index in [-0.39, 0.29) is 11.2 Å². The Balaban J connectivity index is 1.89. The molecule has 0 aliphatic heterocycles. The molecule has 2 aromatic heterocycles. The van der Waals surface area contributed by atoms with Crippen LogP contribution in [0.3, 0.4) is 0 Å². The predicted molar refractivity (Wildman–Crippen MR) is 127 cm³/mol. The van der Waals surface area contributed by atoms with Gasteiger partial charge in [-0.25, -0.2) is 9.97 Å². The monoisotopic (exact) mass is 447 g/mol. The molecule has 0 unspecified atom stereocenters. The van der Waals surface area contributed by atoms with Crippen LogP contribution < -0.4 is 4.74 Å². The lowest BCUT2D eigenvalue weighted by atomic mass is 10.1. The van der Waals surface area contributed by atoms with E-state index < -0.39 is 0 Å². The third-order valence-electron chi connectivity index (χ3n) is 5.15. The number of aromatic nitrogens is 3. The van der Waals surface area contributed by atoms with Gasteiger partial charge in [0.1, 0.15) is 28.0 Å². The summed E-state index contributed by atoms with van der Waals surface area (Å²) in [6.45, 7) is 4.56. The van der Waals surface area contributed by atoms with Crippen LogP contribution in [0.4, 0.5) is 0 Å². The molecular formula is C25H25N3O3S. The normalized spacial score (nSPS) is 12.0. The lowest BCUT2D eigenvalue weighted by molar-refractivity contribution is -0.140. The third-order valence-corrected chi connectivity index (χ3v) is 6.49. The Morgan fingerprint density at radius 2 is 1.81 bits per heavy atom. The Hall–Kier alpha value is -3.32. The number of esters is 1. The van der Waals surface area contributed by atoms with Crippen molar-refractivity contribution in [2.24, 2.45) is 0 Å². The molecule has 6 nitrogen and oxygen atoms in total. The summed E-state index contributed by atoms with van der Waals surface area (Å²) >= 11 is 1.42. The van der Waals surface area contributed by atoms with Crippen molar-refractivity contribution in [2.75, 3.05) is 13.7 Å². The lowest BCUT2D eigenvalue weighted by Crippen LogP contribution is -2.17. The number of carbonyl (C=O) groups excluding carboxylic acids is 1. The Bertz CT molecular complexity index is 1210. The smallest absolute Gasteiger partial charge is 0.319 e. The second kappa shape index (κ2) is 9.87. The van der Waals surface area contributed by atoms with Crippen molar-refractivity contribution in [1.29, 1.82) is 0 Å². The highest BCUT2D eigenvalue weighted by atomic mass is 32.2. The van der Waals surface area contributed by atoms with E-state index in [4.69, 9.17) is 9.47 Å². The molecule has 0 fully saturated rings. The first kappa shape index (κ1) is 21.9. The van der Waals surface area contributed by atoms with Gasteiger partial charge in [0, 0.05) is 17.4 Å². The summed E-state index contributed by atoms with van der Waals surface area (Å²) in [6.07, 6.45) is 4.27. The fourth-order valence-corrected chi connectivity index (χ4v) is 4.65. The standard InChI is InChI=1S/C25H25N3O3S/c1-4-21(25(29)30-3)32-24-22-20(17-9-7-6-8-10-17)15-28(23(22)26-16-27-24)18-11-13-19(14-12-18)31-5-2/h6-16,21H,4-5H2,1-3H3/t21-/m0/s1. The van der Waals surface area contributed by atoms with E-state index in [2.05, 4.69) is 32.9 Å². The van der Waals surface area contributed by atoms with E-state index in [1.54, 1.807) is 6.33 Å². The largest absolute Gasteiger partial charge is 0.494 e. The molecule has 32 heavy (non-hydrogen) atoms. The van der Waals surface area contributed by atoms with Crippen LogP contribution in [0.15, 0.2) is 72.1 Å². The van der Waals surface area contributed by atoms with Crippen LogP contribution >= 0.6 is 11.8 Å². The molecule has 164 valence electrons. The van der Waals surface area contributed by atoms with Crippen molar-refractivity contribution in [2.45, 2.75) is 30.5 Å².